The van der Waals surface area contributed by atoms with Crippen LogP contribution in [0, 0.1) is 5.82 Å². The Kier molecular flexibility index (Phi) is 6.83. The highest BCUT2D eigenvalue weighted by Crippen LogP contribution is 2.33. The fraction of sp³-hybridized carbons (Fsp3) is 0.158. The average Bonchev–Trinajstić information content (AvgIpc) is 3.22. The quantitative estimate of drug-likeness (QED) is 0.515. The zero-order valence-electron chi connectivity index (χ0n) is 15.6. The summed E-state index contributed by atoms with van der Waals surface area (Å²) in [7, 11) is -6.95. The van der Waals surface area contributed by atoms with E-state index in [1.165, 1.54) is 48.8 Å². The van der Waals surface area contributed by atoms with E-state index in [4.69, 9.17) is 16.3 Å². The molecule has 1 heterocycles. The molecule has 160 valence electrons. The first-order chi connectivity index (χ1) is 14.1. The number of benzene rings is 2. The van der Waals surface area contributed by atoms with Crippen molar-refractivity contribution in [1.82, 2.24) is 4.72 Å². The summed E-state index contributed by atoms with van der Waals surface area (Å²) in [6, 6.07) is 12.0. The van der Waals surface area contributed by atoms with Crippen molar-refractivity contribution in [3.63, 3.8) is 0 Å². The molecule has 0 amide bonds. The molecule has 30 heavy (non-hydrogen) atoms. The van der Waals surface area contributed by atoms with Crippen molar-refractivity contribution in [2.75, 3.05) is 13.7 Å². The standard InChI is InChI=1S/C19H17ClFNO5S3/c1-27-16-9-6-14(21)11-18(16)30(25,26)22-12-19(17-3-2-10-28-17)29(23,24)15-7-4-13(20)5-8-15/h2-11,19,22H,12H2,1H3/t19-/m1/s1. The highest BCUT2D eigenvalue weighted by atomic mass is 35.5. The molecule has 1 N–H and O–H groups in total. The summed E-state index contributed by atoms with van der Waals surface area (Å²) >= 11 is 7.03. The average molecular weight is 490 g/mol. The predicted molar refractivity (Wildman–Crippen MR) is 114 cm³/mol. The maximum Gasteiger partial charge on any atom is 0.244 e. The zero-order valence-corrected chi connectivity index (χ0v) is 18.8. The van der Waals surface area contributed by atoms with Gasteiger partial charge in [-0.25, -0.2) is 25.9 Å². The molecule has 6 nitrogen and oxygen atoms in total. The Balaban J connectivity index is 1.96. The molecular formula is C19H17ClFNO5S3. The van der Waals surface area contributed by atoms with Crippen molar-refractivity contribution in [3.8, 4) is 5.75 Å². The van der Waals surface area contributed by atoms with Gasteiger partial charge in [0.15, 0.2) is 9.84 Å². The van der Waals surface area contributed by atoms with Crippen molar-refractivity contribution in [2.45, 2.75) is 15.0 Å². The third-order valence-corrected chi connectivity index (χ3v) is 9.18. The molecule has 0 radical (unpaired) electrons. The summed E-state index contributed by atoms with van der Waals surface area (Å²) in [5, 5.41) is 0.887. The van der Waals surface area contributed by atoms with Gasteiger partial charge in [-0.3, -0.25) is 0 Å². The number of sulfone groups is 1. The second-order valence-electron chi connectivity index (χ2n) is 6.15. The Morgan fingerprint density at radius 2 is 1.80 bits per heavy atom. The summed E-state index contributed by atoms with van der Waals surface area (Å²) in [5.74, 6) is -0.822. The van der Waals surface area contributed by atoms with Gasteiger partial charge in [-0.15, -0.1) is 11.3 Å². The van der Waals surface area contributed by atoms with E-state index in [1.807, 2.05) is 0 Å². The Morgan fingerprint density at radius 1 is 1.10 bits per heavy atom. The van der Waals surface area contributed by atoms with Crippen LogP contribution in [0.4, 0.5) is 4.39 Å². The largest absolute Gasteiger partial charge is 0.495 e. The monoisotopic (exact) mass is 489 g/mol. The number of ether oxygens (including phenoxy) is 1. The van der Waals surface area contributed by atoms with Gasteiger partial charge in [0.05, 0.1) is 12.0 Å². The van der Waals surface area contributed by atoms with E-state index in [9.17, 15) is 21.2 Å². The normalized spacial score (nSPS) is 13.2. The van der Waals surface area contributed by atoms with Gasteiger partial charge in [0, 0.05) is 16.4 Å². The van der Waals surface area contributed by atoms with Gasteiger partial charge in [-0.05, 0) is 53.9 Å². The predicted octanol–water partition coefficient (Wildman–Crippen LogP) is 4.04. The second-order valence-corrected chi connectivity index (χ2v) is 11.4. The van der Waals surface area contributed by atoms with E-state index in [2.05, 4.69) is 4.72 Å². The van der Waals surface area contributed by atoms with Crippen molar-refractivity contribution >= 4 is 42.8 Å². The molecule has 2 aromatic carbocycles. The molecule has 3 aromatic rings. The fourth-order valence-electron chi connectivity index (χ4n) is 2.75. The third kappa shape index (κ3) is 4.84. The molecule has 0 saturated carbocycles. The summed E-state index contributed by atoms with van der Waals surface area (Å²) in [6.45, 7) is -0.451. The minimum atomic E-state index is -4.26. The van der Waals surface area contributed by atoms with Gasteiger partial charge in [-0.2, -0.15) is 0 Å². The first-order valence-electron chi connectivity index (χ1n) is 8.51. The van der Waals surface area contributed by atoms with Gasteiger partial charge < -0.3 is 4.74 Å². The molecule has 3 rings (SSSR count). The lowest BCUT2D eigenvalue weighted by molar-refractivity contribution is 0.400. The van der Waals surface area contributed by atoms with Crippen molar-refractivity contribution in [2.24, 2.45) is 0 Å². The molecular weight excluding hydrogens is 473 g/mol. The molecule has 1 atom stereocenters. The third-order valence-electron chi connectivity index (χ3n) is 4.25. The number of hydrogen-bond donors (Lipinski definition) is 1. The van der Waals surface area contributed by atoms with Crippen molar-refractivity contribution < 1.29 is 26.0 Å². The molecule has 0 spiro atoms. The minimum absolute atomic E-state index is 0.00725. The van der Waals surface area contributed by atoms with Crippen LogP contribution >= 0.6 is 22.9 Å². The smallest absolute Gasteiger partial charge is 0.244 e. The Bertz CT molecular complexity index is 1230. The summed E-state index contributed by atoms with van der Waals surface area (Å²) in [4.78, 5) is 0.0468. The number of hydrogen-bond acceptors (Lipinski definition) is 6. The number of thiophene rings is 1. The molecule has 0 saturated heterocycles. The van der Waals surface area contributed by atoms with Crippen LogP contribution < -0.4 is 9.46 Å². The Morgan fingerprint density at radius 3 is 2.40 bits per heavy atom. The van der Waals surface area contributed by atoms with Crippen LogP contribution in [0.3, 0.4) is 0 Å². The Hall–Kier alpha value is -1.98. The van der Waals surface area contributed by atoms with Gasteiger partial charge in [0.25, 0.3) is 0 Å². The number of nitrogens with one attached hydrogen (secondary N) is 1. The van der Waals surface area contributed by atoms with Crippen LogP contribution in [0.1, 0.15) is 10.1 Å². The maximum absolute atomic E-state index is 13.6. The van der Waals surface area contributed by atoms with Crippen LogP contribution in [0.25, 0.3) is 0 Å². The lowest BCUT2D eigenvalue weighted by Crippen LogP contribution is -2.32. The molecule has 0 aliphatic carbocycles. The lowest BCUT2D eigenvalue weighted by atomic mass is 10.3. The highest BCUT2D eigenvalue weighted by Gasteiger charge is 2.32. The van der Waals surface area contributed by atoms with Crippen molar-refractivity contribution in [1.29, 1.82) is 0 Å². The van der Waals surface area contributed by atoms with Gasteiger partial charge in [0.2, 0.25) is 10.0 Å². The van der Waals surface area contributed by atoms with Gasteiger partial charge in [0.1, 0.15) is 21.7 Å². The molecule has 0 aliphatic heterocycles. The highest BCUT2D eigenvalue weighted by molar-refractivity contribution is 7.92. The molecule has 11 heteroatoms. The maximum atomic E-state index is 13.6. The minimum Gasteiger partial charge on any atom is -0.495 e. The molecule has 0 fully saturated rings. The van der Waals surface area contributed by atoms with E-state index >= 15 is 0 Å². The molecule has 0 bridgehead atoms. The van der Waals surface area contributed by atoms with Gasteiger partial charge >= 0.3 is 0 Å². The number of rotatable bonds is 8. The molecule has 0 aliphatic rings. The van der Waals surface area contributed by atoms with Crippen LogP contribution in [0.5, 0.6) is 5.75 Å². The summed E-state index contributed by atoms with van der Waals surface area (Å²) in [5.41, 5.74) is 0. The van der Waals surface area contributed by atoms with E-state index in [-0.39, 0.29) is 10.6 Å². The summed E-state index contributed by atoms with van der Waals surface area (Å²) < 4.78 is 72.9. The Labute approximate surface area is 183 Å². The summed E-state index contributed by atoms with van der Waals surface area (Å²) in [6.07, 6.45) is 0. The number of methoxy groups -OCH3 is 1. The SMILES string of the molecule is COc1ccc(F)cc1S(=O)(=O)NC[C@H](c1cccs1)S(=O)(=O)c1ccc(Cl)cc1. The van der Waals surface area contributed by atoms with Gasteiger partial charge in [-0.1, -0.05) is 17.7 Å². The van der Waals surface area contributed by atoms with E-state index in [0.29, 0.717) is 9.90 Å². The fourth-order valence-corrected chi connectivity index (χ4v) is 6.99. The second kappa shape index (κ2) is 9.03. The number of sulfonamides is 1. The van der Waals surface area contributed by atoms with E-state index < -0.39 is 42.4 Å². The van der Waals surface area contributed by atoms with Crippen LogP contribution in [0.15, 0.2) is 69.8 Å². The zero-order chi connectivity index (χ0) is 21.9. The van der Waals surface area contributed by atoms with Crippen molar-refractivity contribution in [3.05, 3.63) is 75.7 Å². The number of halogens is 2. The molecule has 0 unspecified atom stereocenters. The van der Waals surface area contributed by atoms with Crippen LogP contribution in [-0.2, 0) is 19.9 Å². The lowest BCUT2D eigenvalue weighted by Gasteiger charge is -2.18. The molecule has 1 aromatic heterocycles. The first kappa shape index (κ1) is 22.7. The van der Waals surface area contributed by atoms with Crippen LogP contribution in [-0.4, -0.2) is 30.5 Å². The van der Waals surface area contributed by atoms with E-state index in [1.54, 1.807) is 17.5 Å². The van der Waals surface area contributed by atoms with E-state index in [0.717, 1.165) is 12.1 Å². The van der Waals surface area contributed by atoms with Crippen LogP contribution in [0.2, 0.25) is 5.02 Å². The topological polar surface area (TPSA) is 89.5 Å². The first-order valence-corrected chi connectivity index (χ1v) is 12.8.